The van der Waals surface area contributed by atoms with Crippen LogP contribution in [0.1, 0.15) is 89.5 Å². The van der Waals surface area contributed by atoms with Crippen LogP contribution in [0.5, 0.6) is 0 Å². The van der Waals surface area contributed by atoms with Gasteiger partial charge in [0.1, 0.15) is 6.61 Å². The van der Waals surface area contributed by atoms with Crippen LogP contribution in [-0.2, 0) is 16.1 Å². The third-order valence-corrected chi connectivity index (χ3v) is 4.42. The average Bonchev–Trinajstić information content (AvgIpc) is 2.64. The van der Waals surface area contributed by atoms with Gasteiger partial charge in [-0.15, -0.1) is 0 Å². The molecule has 1 aromatic rings. The molecule has 142 valence electrons. The van der Waals surface area contributed by atoms with Crippen molar-refractivity contribution in [3.8, 4) is 0 Å². The summed E-state index contributed by atoms with van der Waals surface area (Å²) in [5.74, 6) is 0. The topological polar surface area (TPSA) is 35.5 Å². The Balaban J connectivity index is 1.80. The highest BCUT2D eigenvalue weighted by Gasteiger charge is 2.03. The molecular formula is C22H36O3. The van der Waals surface area contributed by atoms with Gasteiger partial charge in [-0.3, -0.25) is 0 Å². The molecule has 0 N–H and O–H groups in total. The third-order valence-electron chi connectivity index (χ3n) is 4.42. The summed E-state index contributed by atoms with van der Waals surface area (Å²) in [6.07, 6.45) is 15.1. The molecule has 0 atom stereocenters. The fraction of sp³-hybridized carbons (Fsp3) is 0.682. The Labute approximate surface area is 154 Å². The van der Waals surface area contributed by atoms with Gasteiger partial charge in [-0.05, 0) is 12.0 Å². The molecule has 0 aliphatic carbocycles. The summed E-state index contributed by atoms with van der Waals surface area (Å²) in [5, 5.41) is 0. The Hall–Kier alpha value is -1.51. The normalized spacial score (nSPS) is 10.6. The molecule has 0 amide bonds. The number of benzene rings is 1. The van der Waals surface area contributed by atoms with Crippen molar-refractivity contribution in [2.45, 2.75) is 90.6 Å². The minimum absolute atomic E-state index is 0.276. The van der Waals surface area contributed by atoms with Gasteiger partial charge in [-0.2, -0.15) is 0 Å². The van der Waals surface area contributed by atoms with Crippen LogP contribution in [0.4, 0.5) is 4.79 Å². The highest BCUT2D eigenvalue weighted by molar-refractivity contribution is 5.59. The number of ether oxygens (including phenoxy) is 2. The van der Waals surface area contributed by atoms with Crippen molar-refractivity contribution >= 4 is 6.16 Å². The number of rotatable bonds is 15. The van der Waals surface area contributed by atoms with Gasteiger partial charge in [0.25, 0.3) is 0 Å². The first kappa shape index (κ1) is 21.5. The largest absolute Gasteiger partial charge is 0.508 e. The van der Waals surface area contributed by atoms with Crippen molar-refractivity contribution in [1.29, 1.82) is 0 Å². The summed E-state index contributed by atoms with van der Waals surface area (Å²) in [6, 6.07) is 9.65. The summed E-state index contributed by atoms with van der Waals surface area (Å²) in [5.41, 5.74) is 0.977. The Morgan fingerprint density at radius 3 is 1.80 bits per heavy atom. The predicted octanol–water partition coefficient (Wildman–Crippen LogP) is 7.04. The molecule has 1 rings (SSSR count). The molecule has 25 heavy (non-hydrogen) atoms. The zero-order valence-corrected chi connectivity index (χ0v) is 16.0. The van der Waals surface area contributed by atoms with Crippen LogP contribution in [0.3, 0.4) is 0 Å². The maximum Gasteiger partial charge on any atom is 0.508 e. The maximum atomic E-state index is 11.5. The van der Waals surface area contributed by atoms with Gasteiger partial charge < -0.3 is 9.47 Å². The molecule has 0 heterocycles. The molecule has 3 heteroatoms. The lowest BCUT2D eigenvalue weighted by Gasteiger charge is -2.06. The van der Waals surface area contributed by atoms with E-state index in [-0.39, 0.29) is 6.61 Å². The quantitative estimate of drug-likeness (QED) is 0.252. The van der Waals surface area contributed by atoms with Gasteiger partial charge in [0.05, 0.1) is 6.61 Å². The van der Waals surface area contributed by atoms with Gasteiger partial charge in [-0.25, -0.2) is 4.79 Å². The molecule has 0 saturated heterocycles. The van der Waals surface area contributed by atoms with Crippen LogP contribution in [0.2, 0.25) is 0 Å². The van der Waals surface area contributed by atoms with Crippen LogP contribution >= 0.6 is 0 Å². The molecule has 0 bridgehead atoms. The van der Waals surface area contributed by atoms with E-state index < -0.39 is 6.16 Å². The van der Waals surface area contributed by atoms with E-state index in [1.54, 1.807) is 0 Å². The lowest BCUT2D eigenvalue weighted by Crippen LogP contribution is -2.08. The lowest BCUT2D eigenvalue weighted by atomic mass is 10.1. The lowest BCUT2D eigenvalue weighted by molar-refractivity contribution is 0.0487. The fourth-order valence-corrected chi connectivity index (χ4v) is 2.86. The summed E-state index contributed by atoms with van der Waals surface area (Å²) in [4.78, 5) is 11.5. The maximum absolute atomic E-state index is 11.5. The smallest absolute Gasteiger partial charge is 0.434 e. The second-order valence-corrected chi connectivity index (χ2v) is 6.76. The summed E-state index contributed by atoms with van der Waals surface area (Å²) < 4.78 is 10.2. The standard InChI is InChI=1S/C22H36O3/c1-2-3-4-5-6-7-8-9-10-11-12-16-19-24-22(23)25-20-21-17-14-13-15-18-21/h13-15,17-18H,2-12,16,19-20H2,1H3. The molecule has 0 aliphatic rings. The number of hydrogen-bond acceptors (Lipinski definition) is 3. The van der Waals surface area contributed by atoms with E-state index in [0.717, 1.165) is 18.4 Å². The summed E-state index contributed by atoms with van der Waals surface area (Å²) in [7, 11) is 0. The first-order valence-electron chi connectivity index (χ1n) is 10.2. The molecular weight excluding hydrogens is 312 g/mol. The van der Waals surface area contributed by atoms with Crippen molar-refractivity contribution in [3.63, 3.8) is 0 Å². The van der Waals surface area contributed by atoms with Crippen molar-refractivity contribution in [3.05, 3.63) is 35.9 Å². The first-order chi connectivity index (χ1) is 12.3. The molecule has 0 spiro atoms. The Morgan fingerprint density at radius 2 is 1.24 bits per heavy atom. The predicted molar refractivity (Wildman–Crippen MR) is 104 cm³/mol. The highest BCUT2D eigenvalue weighted by atomic mass is 16.7. The monoisotopic (exact) mass is 348 g/mol. The molecule has 1 aromatic carbocycles. The summed E-state index contributed by atoms with van der Waals surface area (Å²) >= 11 is 0. The Morgan fingerprint density at radius 1 is 0.720 bits per heavy atom. The summed E-state index contributed by atoms with van der Waals surface area (Å²) in [6.45, 7) is 3.00. The van der Waals surface area contributed by atoms with E-state index in [0.29, 0.717) is 6.61 Å². The average molecular weight is 349 g/mol. The van der Waals surface area contributed by atoms with E-state index in [2.05, 4.69) is 6.92 Å². The van der Waals surface area contributed by atoms with E-state index in [4.69, 9.17) is 9.47 Å². The third kappa shape index (κ3) is 13.5. The second kappa shape index (κ2) is 16.0. The highest BCUT2D eigenvalue weighted by Crippen LogP contribution is 2.12. The van der Waals surface area contributed by atoms with E-state index >= 15 is 0 Å². The number of hydrogen-bond donors (Lipinski definition) is 0. The molecule has 0 aromatic heterocycles. The van der Waals surface area contributed by atoms with Crippen molar-refractivity contribution < 1.29 is 14.3 Å². The van der Waals surface area contributed by atoms with Gasteiger partial charge in [-0.1, -0.05) is 108 Å². The second-order valence-electron chi connectivity index (χ2n) is 6.76. The van der Waals surface area contributed by atoms with Crippen LogP contribution < -0.4 is 0 Å². The number of unbranched alkanes of at least 4 members (excludes halogenated alkanes) is 11. The van der Waals surface area contributed by atoms with Crippen LogP contribution in [-0.4, -0.2) is 12.8 Å². The van der Waals surface area contributed by atoms with Crippen molar-refractivity contribution in [1.82, 2.24) is 0 Å². The molecule has 0 aliphatic heterocycles. The SMILES string of the molecule is CCCCCCCCCCCCCCOC(=O)OCc1ccccc1. The van der Waals surface area contributed by atoms with Crippen molar-refractivity contribution in [2.24, 2.45) is 0 Å². The molecule has 0 saturated carbocycles. The molecule has 0 unspecified atom stereocenters. The van der Waals surface area contributed by atoms with Gasteiger partial charge in [0.15, 0.2) is 0 Å². The number of carbonyl (C=O) groups is 1. The van der Waals surface area contributed by atoms with Gasteiger partial charge >= 0.3 is 6.16 Å². The molecule has 0 radical (unpaired) electrons. The Kier molecular flexibility index (Phi) is 13.8. The van der Waals surface area contributed by atoms with E-state index in [1.807, 2.05) is 30.3 Å². The zero-order chi connectivity index (χ0) is 18.0. The first-order valence-corrected chi connectivity index (χ1v) is 10.2. The number of carbonyl (C=O) groups excluding carboxylic acids is 1. The van der Waals surface area contributed by atoms with Crippen LogP contribution in [0.25, 0.3) is 0 Å². The Bertz CT molecular complexity index is 417. The van der Waals surface area contributed by atoms with Gasteiger partial charge in [0.2, 0.25) is 0 Å². The van der Waals surface area contributed by atoms with Crippen LogP contribution in [0, 0.1) is 0 Å². The molecule has 3 nitrogen and oxygen atoms in total. The van der Waals surface area contributed by atoms with Gasteiger partial charge in [0, 0.05) is 0 Å². The molecule has 0 fully saturated rings. The fourth-order valence-electron chi connectivity index (χ4n) is 2.86. The van der Waals surface area contributed by atoms with Crippen molar-refractivity contribution in [2.75, 3.05) is 6.61 Å². The zero-order valence-electron chi connectivity index (χ0n) is 16.0. The van der Waals surface area contributed by atoms with Crippen LogP contribution in [0.15, 0.2) is 30.3 Å². The minimum atomic E-state index is -0.563. The van der Waals surface area contributed by atoms with E-state index in [9.17, 15) is 4.79 Å². The minimum Gasteiger partial charge on any atom is -0.434 e. The van der Waals surface area contributed by atoms with E-state index in [1.165, 1.54) is 64.2 Å².